The lowest BCUT2D eigenvalue weighted by Gasteiger charge is -2.24. The number of benzene rings is 2. The summed E-state index contributed by atoms with van der Waals surface area (Å²) in [5.41, 5.74) is 1.54. The van der Waals surface area contributed by atoms with Gasteiger partial charge in [-0.05, 0) is 48.2 Å². The van der Waals surface area contributed by atoms with Crippen LogP contribution in [0.4, 0.5) is 4.39 Å². The Bertz CT molecular complexity index is 677. The molecule has 1 aliphatic carbocycles. The Balaban J connectivity index is 1.75. The second kappa shape index (κ2) is 5.73. The number of likely N-dealkylation sites (N-methyl/N-ethyl adjacent to an activating group) is 1. The number of rotatable bonds is 4. The first kappa shape index (κ1) is 15.0. The Morgan fingerprint density at radius 1 is 1.14 bits per heavy atom. The van der Waals surface area contributed by atoms with Crippen molar-refractivity contribution < 1.29 is 9.18 Å². The van der Waals surface area contributed by atoms with E-state index in [9.17, 15) is 9.18 Å². The zero-order valence-corrected chi connectivity index (χ0v) is 13.1. The van der Waals surface area contributed by atoms with Gasteiger partial charge in [0.25, 0.3) is 0 Å². The lowest BCUT2D eigenvalue weighted by Crippen LogP contribution is -2.36. The molecule has 4 heteroatoms. The second-order valence-corrected chi connectivity index (χ2v) is 6.31. The molecule has 2 nitrogen and oxygen atoms in total. The maximum absolute atomic E-state index is 12.9. The van der Waals surface area contributed by atoms with Crippen molar-refractivity contribution in [3.05, 3.63) is 70.5 Å². The Hall–Kier alpha value is -1.87. The van der Waals surface area contributed by atoms with E-state index < -0.39 is 5.41 Å². The van der Waals surface area contributed by atoms with Crippen LogP contribution in [0, 0.1) is 5.82 Å². The highest BCUT2D eigenvalue weighted by atomic mass is 35.5. The van der Waals surface area contributed by atoms with Crippen LogP contribution in [0.1, 0.15) is 24.0 Å². The van der Waals surface area contributed by atoms with Crippen LogP contribution >= 0.6 is 11.6 Å². The van der Waals surface area contributed by atoms with Gasteiger partial charge in [0.15, 0.2) is 0 Å². The van der Waals surface area contributed by atoms with Gasteiger partial charge in [0.2, 0.25) is 5.91 Å². The van der Waals surface area contributed by atoms with Gasteiger partial charge in [-0.2, -0.15) is 0 Å². The molecule has 0 aliphatic heterocycles. The summed E-state index contributed by atoms with van der Waals surface area (Å²) in [4.78, 5) is 14.5. The Labute approximate surface area is 134 Å². The van der Waals surface area contributed by atoms with Crippen molar-refractivity contribution in [1.82, 2.24) is 4.90 Å². The summed E-state index contributed by atoms with van der Waals surface area (Å²) in [5, 5.41) is 0.673. The van der Waals surface area contributed by atoms with Crippen LogP contribution in [0.3, 0.4) is 0 Å². The number of hydrogen-bond donors (Lipinski definition) is 0. The highest BCUT2D eigenvalue weighted by molar-refractivity contribution is 6.30. The van der Waals surface area contributed by atoms with Crippen molar-refractivity contribution >= 4 is 17.5 Å². The monoisotopic (exact) mass is 317 g/mol. The van der Waals surface area contributed by atoms with Gasteiger partial charge in [0.1, 0.15) is 5.82 Å². The van der Waals surface area contributed by atoms with E-state index in [0.29, 0.717) is 11.6 Å². The molecule has 1 amide bonds. The summed E-state index contributed by atoms with van der Waals surface area (Å²) in [5.74, 6) is -0.156. The van der Waals surface area contributed by atoms with Gasteiger partial charge in [-0.1, -0.05) is 35.9 Å². The van der Waals surface area contributed by atoms with Crippen molar-refractivity contribution in [3.63, 3.8) is 0 Å². The van der Waals surface area contributed by atoms with Crippen molar-refractivity contribution in [3.8, 4) is 0 Å². The maximum atomic E-state index is 12.9. The van der Waals surface area contributed by atoms with E-state index in [2.05, 4.69) is 0 Å². The van der Waals surface area contributed by atoms with Crippen LogP contribution in [0.25, 0.3) is 0 Å². The van der Waals surface area contributed by atoms with E-state index in [0.717, 1.165) is 24.0 Å². The molecular formula is C18H17ClFNO. The van der Waals surface area contributed by atoms with Gasteiger partial charge in [-0.15, -0.1) is 0 Å². The molecule has 0 heterocycles. The molecule has 22 heavy (non-hydrogen) atoms. The zero-order valence-electron chi connectivity index (χ0n) is 12.4. The van der Waals surface area contributed by atoms with Crippen LogP contribution in [-0.2, 0) is 16.8 Å². The largest absolute Gasteiger partial charge is 0.341 e. The Morgan fingerprint density at radius 2 is 1.73 bits per heavy atom. The topological polar surface area (TPSA) is 20.3 Å². The van der Waals surface area contributed by atoms with Gasteiger partial charge in [0.05, 0.1) is 5.41 Å². The number of hydrogen-bond acceptors (Lipinski definition) is 1. The summed E-state index contributed by atoms with van der Waals surface area (Å²) in [7, 11) is 1.79. The molecule has 0 N–H and O–H groups in total. The molecule has 114 valence electrons. The molecule has 2 aromatic carbocycles. The molecule has 2 aromatic rings. The third kappa shape index (κ3) is 2.86. The molecule has 1 saturated carbocycles. The second-order valence-electron chi connectivity index (χ2n) is 5.88. The predicted octanol–water partition coefficient (Wildman–Crippen LogP) is 4.17. The summed E-state index contributed by atoms with van der Waals surface area (Å²) in [6, 6.07) is 13.8. The lowest BCUT2D eigenvalue weighted by molar-refractivity contribution is -0.133. The minimum Gasteiger partial charge on any atom is -0.341 e. The fourth-order valence-corrected chi connectivity index (χ4v) is 2.95. The standard InChI is InChI=1S/C18H17ClFNO/c1-21(12-13-2-8-16(20)9-3-13)17(22)18(10-11-18)14-4-6-15(19)7-5-14/h2-9H,10-12H2,1H3. The van der Waals surface area contributed by atoms with E-state index in [4.69, 9.17) is 11.6 Å². The maximum Gasteiger partial charge on any atom is 0.233 e. The van der Waals surface area contributed by atoms with Crippen LogP contribution in [0.15, 0.2) is 48.5 Å². The van der Waals surface area contributed by atoms with E-state index in [1.54, 1.807) is 24.1 Å². The van der Waals surface area contributed by atoms with Crippen molar-refractivity contribution in [2.75, 3.05) is 7.05 Å². The number of carbonyl (C=O) groups excluding carboxylic acids is 1. The number of nitrogens with zero attached hydrogens (tertiary/aromatic N) is 1. The SMILES string of the molecule is CN(Cc1ccc(F)cc1)C(=O)C1(c2ccc(Cl)cc2)CC1. The highest BCUT2D eigenvalue weighted by Crippen LogP contribution is 2.49. The van der Waals surface area contributed by atoms with E-state index >= 15 is 0 Å². The fraction of sp³-hybridized carbons (Fsp3) is 0.278. The first-order valence-electron chi connectivity index (χ1n) is 7.27. The van der Waals surface area contributed by atoms with Crippen LogP contribution in [-0.4, -0.2) is 17.9 Å². The Kier molecular flexibility index (Phi) is 3.92. The van der Waals surface area contributed by atoms with Gasteiger partial charge in [0, 0.05) is 18.6 Å². The van der Waals surface area contributed by atoms with Crippen LogP contribution in [0.5, 0.6) is 0 Å². The molecule has 0 radical (unpaired) electrons. The fourth-order valence-electron chi connectivity index (χ4n) is 2.82. The minimum atomic E-state index is -0.403. The summed E-state index contributed by atoms with van der Waals surface area (Å²) >= 11 is 5.92. The van der Waals surface area contributed by atoms with Gasteiger partial charge >= 0.3 is 0 Å². The average molecular weight is 318 g/mol. The van der Waals surface area contributed by atoms with Gasteiger partial charge < -0.3 is 4.90 Å². The van der Waals surface area contributed by atoms with Crippen molar-refractivity contribution in [1.29, 1.82) is 0 Å². The number of amides is 1. The van der Waals surface area contributed by atoms with Crippen LogP contribution in [0.2, 0.25) is 5.02 Å². The third-order valence-corrected chi connectivity index (χ3v) is 4.49. The minimum absolute atomic E-state index is 0.110. The molecule has 0 bridgehead atoms. The van der Waals surface area contributed by atoms with Gasteiger partial charge in [-0.25, -0.2) is 4.39 Å². The quantitative estimate of drug-likeness (QED) is 0.829. The normalized spacial score (nSPS) is 15.4. The molecule has 0 saturated heterocycles. The number of carbonyl (C=O) groups is 1. The van der Waals surface area contributed by atoms with E-state index in [-0.39, 0.29) is 11.7 Å². The molecule has 0 unspecified atom stereocenters. The molecular weight excluding hydrogens is 301 g/mol. The average Bonchev–Trinajstić information content (AvgIpc) is 3.31. The first-order valence-corrected chi connectivity index (χ1v) is 7.65. The summed E-state index contributed by atoms with van der Waals surface area (Å²) in [6.07, 6.45) is 1.72. The number of halogens is 2. The molecule has 1 fully saturated rings. The van der Waals surface area contributed by atoms with E-state index in [1.807, 2.05) is 24.3 Å². The van der Waals surface area contributed by atoms with Gasteiger partial charge in [-0.3, -0.25) is 4.79 Å². The van der Waals surface area contributed by atoms with Crippen molar-refractivity contribution in [2.45, 2.75) is 24.8 Å². The summed E-state index contributed by atoms with van der Waals surface area (Å²) in [6.45, 7) is 0.481. The smallest absolute Gasteiger partial charge is 0.233 e. The molecule has 0 spiro atoms. The zero-order chi connectivity index (χ0) is 15.7. The molecule has 0 atom stereocenters. The Morgan fingerprint density at radius 3 is 2.27 bits per heavy atom. The lowest BCUT2D eigenvalue weighted by atomic mass is 9.94. The first-order chi connectivity index (χ1) is 10.5. The van der Waals surface area contributed by atoms with E-state index in [1.165, 1.54) is 12.1 Å². The molecule has 3 rings (SSSR count). The van der Waals surface area contributed by atoms with Crippen LogP contribution < -0.4 is 0 Å². The predicted molar refractivity (Wildman–Crippen MR) is 85.2 cm³/mol. The highest BCUT2D eigenvalue weighted by Gasteiger charge is 2.52. The molecule has 0 aromatic heterocycles. The molecule has 1 aliphatic rings. The van der Waals surface area contributed by atoms with Crippen molar-refractivity contribution in [2.24, 2.45) is 0 Å². The summed E-state index contributed by atoms with van der Waals surface area (Å²) < 4.78 is 12.9. The third-order valence-electron chi connectivity index (χ3n) is 4.24.